The van der Waals surface area contributed by atoms with E-state index in [4.69, 9.17) is 10.6 Å². The zero-order chi connectivity index (χ0) is 12.3. The van der Waals surface area contributed by atoms with Crippen molar-refractivity contribution in [1.82, 2.24) is 9.97 Å². The van der Waals surface area contributed by atoms with Gasteiger partial charge in [0.25, 0.3) is 0 Å². The molecule has 0 amide bonds. The third kappa shape index (κ3) is 2.65. The fourth-order valence-corrected chi connectivity index (χ4v) is 2.15. The molecular weight excluding hydrogens is 218 g/mol. The Bertz CT molecular complexity index is 384. The molecule has 2 rings (SSSR count). The average Bonchev–Trinajstić information content (AvgIpc) is 2.39. The largest absolute Gasteiger partial charge is 0.380 e. The van der Waals surface area contributed by atoms with Crippen LogP contribution in [0, 0.1) is 6.92 Å². The van der Waals surface area contributed by atoms with Gasteiger partial charge in [-0.3, -0.25) is 5.43 Å². The number of nitrogens with one attached hydrogen (secondary N) is 1. The van der Waals surface area contributed by atoms with Crippen LogP contribution in [0.1, 0.15) is 18.4 Å². The molecule has 6 heteroatoms. The van der Waals surface area contributed by atoms with Crippen LogP contribution in [0.25, 0.3) is 0 Å². The van der Waals surface area contributed by atoms with Crippen molar-refractivity contribution in [2.24, 2.45) is 5.84 Å². The van der Waals surface area contributed by atoms with Crippen molar-refractivity contribution in [3.8, 4) is 0 Å². The van der Waals surface area contributed by atoms with E-state index in [1.807, 2.05) is 6.92 Å². The van der Waals surface area contributed by atoms with E-state index in [1.54, 1.807) is 13.3 Å². The Kier molecular flexibility index (Phi) is 3.75. The number of aryl methyl sites for hydroxylation is 1. The number of nitrogens with two attached hydrogens (primary N) is 1. The topological polar surface area (TPSA) is 76.3 Å². The highest BCUT2D eigenvalue weighted by atomic mass is 16.5. The Labute approximate surface area is 101 Å². The SMILES string of the molecule is COC1CCCN(c2nc(NN)ncc2C)C1. The predicted molar refractivity (Wildman–Crippen MR) is 66.8 cm³/mol. The molecule has 1 unspecified atom stereocenters. The van der Waals surface area contributed by atoms with Crippen LogP contribution in [0.15, 0.2) is 6.20 Å². The Hall–Kier alpha value is -1.40. The molecule has 1 saturated heterocycles. The minimum Gasteiger partial charge on any atom is -0.380 e. The van der Waals surface area contributed by atoms with E-state index in [0.717, 1.165) is 37.3 Å². The molecule has 94 valence electrons. The zero-order valence-electron chi connectivity index (χ0n) is 10.3. The van der Waals surface area contributed by atoms with E-state index in [1.165, 1.54) is 0 Å². The molecule has 0 bridgehead atoms. The first-order valence-electron chi connectivity index (χ1n) is 5.82. The molecule has 2 heterocycles. The lowest BCUT2D eigenvalue weighted by Crippen LogP contribution is -2.40. The number of ether oxygens (including phenoxy) is 1. The average molecular weight is 237 g/mol. The van der Waals surface area contributed by atoms with Crippen molar-refractivity contribution in [3.63, 3.8) is 0 Å². The van der Waals surface area contributed by atoms with E-state index in [0.29, 0.717) is 5.95 Å². The van der Waals surface area contributed by atoms with E-state index >= 15 is 0 Å². The van der Waals surface area contributed by atoms with Crippen LogP contribution < -0.4 is 16.2 Å². The maximum Gasteiger partial charge on any atom is 0.239 e. The third-order valence-corrected chi connectivity index (χ3v) is 3.09. The molecule has 0 aliphatic carbocycles. The van der Waals surface area contributed by atoms with Crippen molar-refractivity contribution in [3.05, 3.63) is 11.8 Å². The van der Waals surface area contributed by atoms with Gasteiger partial charge in [0.2, 0.25) is 5.95 Å². The Balaban J connectivity index is 2.20. The van der Waals surface area contributed by atoms with Gasteiger partial charge in [0.1, 0.15) is 5.82 Å². The minimum atomic E-state index is 0.285. The molecular formula is C11H19N5O. The second-order valence-corrected chi connectivity index (χ2v) is 4.29. The predicted octanol–water partition coefficient (Wildman–Crippen LogP) is 0.686. The van der Waals surface area contributed by atoms with Gasteiger partial charge in [-0.1, -0.05) is 0 Å². The summed E-state index contributed by atoms with van der Waals surface area (Å²) in [5, 5.41) is 0. The van der Waals surface area contributed by atoms with Gasteiger partial charge in [-0.25, -0.2) is 10.8 Å². The van der Waals surface area contributed by atoms with Crippen molar-refractivity contribution < 1.29 is 4.74 Å². The second-order valence-electron chi connectivity index (χ2n) is 4.29. The Morgan fingerprint density at radius 3 is 3.12 bits per heavy atom. The van der Waals surface area contributed by atoms with Crippen molar-refractivity contribution in [2.75, 3.05) is 30.5 Å². The first kappa shape index (κ1) is 12.1. The summed E-state index contributed by atoms with van der Waals surface area (Å²) >= 11 is 0. The number of hydrogen-bond donors (Lipinski definition) is 2. The van der Waals surface area contributed by atoms with Crippen molar-refractivity contribution in [1.29, 1.82) is 0 Å². The third-order valence-electron chi connectivity index (χ3n) is 3.09. The summed E-state index contributed by atoms with van der Waals surface area (Å²) in [5.41, 5.74) is 3.53. The number of rotatable bonds is 3. The summed E-state index contributed by atoms with van der Waals surface area (Å²) in [6.07, 6.45) is 4.30. The van der Waals surface area contributed by atoms with Gasteiger partial charge in [0, 0.05) is 32.0 Å². The van der Waals surface area contributed by atoms with Gasteiger partial charge in [-0.05, 0) is 19.8 Å². The standard InChI is InChI=1S/C11H19N5O/c1-8-6-13-11(15-12)14-10(8)16-5-3-4-9(7-16)17-2/h6,9H,3-5,7,12H2,1-2H3,(H,13,14,15). The second kappa shape index (κ2) is 5.29. The van der Waals surface area contributed by atoms with Crippen molar-refractivity contribution >= 4 is 11.8 Å². The van der Waals surface area contributed by atoms with Crippen LogP contribution in [-0.4, -0.2) is 36.3 Å². The lowest BCUT2D eigenvalue weighted by molar-refractivity contribution is 0.0891. The fraction of sp³-hybridized carbons (Fsp3) is 0.636. The van der Waals surface area contributed by atoms with Gasteiger partial charge in [-0.15, -0.1) is 0 Å². The van der Waals surface area contributed by atoms with Crippen LogP contribution in [0.2, 0.25) is 0 Å². The Morgan fingerprint density at radius 2 is 2.41 bits per heavy atom. The number of anilines is 2. The number of nitrogen functional groups attached to an aromatic ring is 1. The molecule has 1 aromatic rings. The first-order valence-corrected chi connectivity index (χ1v) is 5.82. The summed E-state index contributed by atoms with van der Waals surface area (Å²) in [4.78, 5) is 10.7. The highest BCUT2D eigenvalue weighted by Gasteiger charge is 2.22. The Morgan fingerprint density at radius 1 is 1.59 bits per heavy atom. The molecule has 1 aromatic heterocycles. The van der Waals surface area contributed by atoms with Gasteiger partial charge < -0.3 is 9.64 Å². The smallest absolute Gasteiger partial charge is 0.239 e. The minimum absolute atomic E-state index is 0.285. The summed E-state index contributed by atoms with van der Waals surface area (Å²) in [7, 11) is 1.76. The van der Waals surface area contributed by atoms with Crippen LogP contribution >= 0.6 is 0 Å². The van der Waals surface area contributed by atoms with Gasteiger partial charge in [-0.2, -0.15) is 4.98 Å². The summed E-state index contributed by atoms with van der Waals surface area (Å²) < 4.78 is 5.41. The van der Waals surface area contributed by atoms with E-state index < -0.39 is 0 Å². The summed E-state index contributed by atoms with van der Waals surface area (Å²) in [6.45, 7) is 3.88. The summed E-state index contributed by atoms with van der Waals surface area (Å²) in [6, 6.07) is 0. The van der Waals surface area contributed by atoms with Crippen LogP contribution in [0.5, 0.6) is 0 Å². The van der Waals surface area contributed by atoms with Gasteiger partial charge in [0.05, 0.1) is 6.10 Å². The highest BCUT2D eigenvalue weighted by molar-refractivity contribution is 5.49. The first-order chi connectivity index (χ1) is 8.24. The number of methoxy groups -OCH3 is 1. The van der Waals surface area contributed by atoms with E-state index in [9.17, 15) is 0 Å². The number of aromatic nitrogens is 2. The molecule has 1 atom stereocenters. The van der Waals surface area contributed by atoms with E-state index in [2.05, 4.69) is 20.3 Å². The van der Waals surface area contributed by atoms with Crippen LogP contribution in [0.3, 0.4) is 0 Å². The van der Waals surface area contributed by atoms with E-state index in [-0.39, 0.29) is 6.10 Å². The number of piperidine rings is 1. The fourth-order valence-electron chi connectivity index (χ4n) is 2.15. The molecule has 1 aliphatic heterocycles. The van der Waals surface area contributed by atoms with Crippen molar-refractivity contribution in [2.45, 2.75) is 25.9 Å². The molecule has 0 spiro atoms. The number of hydrogen-bond acceptors (Lipinski definition) is 6. The molecule has 0 radical (unpaired) electrons. The lowest BCUT2D eigenvalue weighted by atomic mass is 10.1. The molecule has 3 N–H and O–H groups in total. The maximum absolute atomic E-state index is 5.41. The molecule has 17 heavy (non-hydrogen) atoms. The van der Waals surface area contributed by atoms with Gasteiger partial charge in [0.15, 0.2) is 0 Å². The molecule has 0 aromatic carbocycles. The molecule has 1 fully saturated rings. The highest BCUT2D eigenvalue weighted by Crippen LogP contribution is 2.22. The maximum atomic E-state index is 5.41. The monoisotopic (exact) mass is 237 g/mol. The summed E-state index contributed by atoms with van der Waals surface area (Å²) in [5.74, 6) is 6.72. The number of nitrogens with zero attached hydrogens (tertiary/aromatic N) is 3. The van der Waals surface area contributed by atoms with Crippen LogP contribution in [-0.2, 0) is 4.74 Å². The quantitative estimate of drug-likeness (QED) is 0.595. The molecule has 6 nitrogen and oxygen atoms in total. The normalized spacial score (nSPS) is 20.4. The van der Waals surface area contributed by atoms with Crippen LogP contribution in [0.4, 0.5) is 11.8 Å². The number of hydrazine groups is 1. The lowest BCUT2D eigenvalue weighted by Gasteiger charge is -2.33. The molecule has 0 saturated carbocycles. The molecule has 1 aliphatic rings. The van der Waals surface area contributed by atoms with Gasteiger partial charge >= 0.3 is 0 Å². The zero-order valence-corrected chi connectivity index (χ0v) is 10.3.